The van der Waals surface area contributed by atoms with Gasteiger partial charge in [0.15, 0.2) is 0 Å². The van der Waals surface area contributed by atoms with Crippen LogP contribution in [0.2, 0.25) is 0 Å². The highest BCUT2D eigenvalue weighted by Crippen LogP contribution is 2.13. The van der Waals surface area contributed by atoms with E-state index in [1.54, 1.807) is 0 Å². The van der Waals surface area contributed by atoms with Gasteiger partial charge in [-0.2, -0.15) is 0 Å². The lowest BCUT2D eigenvalue weighted by molar-refractivity contribution is 0.730. The van der Waals surface area contributed by atoms with Crippen molar-refractivity contribution in [1.29, 1.82) is 0 Å². The van der Waals surface area contributed by atoms with E-state index in [0.717, 1.165) is 19.6 Å². The van der Waals surface area contributed by atoms with Crippen molar-refractivity contribution >= 4 is 5.69 Å². The maximum Gasteiger partial charge on any atom is 0.0366 e. The maximum absolute atomic E-state index is 3.67. The molecule has 0 unspecified atom stereocenters. The predicted molar refractivity (Wildman–Crippen MR) is 67.5 cm³/mol. The lowest BCUT2D eigenvalue weighted by Crippen LogP contribution is -2.29. The molecule has 0 heterocycles. The monoisotopic (exact) mass is 204 g/mol. The van der Waals surface area contributed by atoms with Crippen molar-refractivity contribution in [2.24, 2.45) is 0 Å². The lowest BCUT2D eigenvalue weighted by Gasteiger charge is -2.19. The second-order valence-electron chi connectivity index (χ2n) is 3.75. The first-order valence-electron chi connectivity index (χ1n) is 5.33. The molecule has 1 aromatic rings. The van der Waals surface area contributed by atoms with Gasteiger partial charge >= 0.3 is 0 Å². The molecule has 0 saturated carbocycles. The number of benzene rings is 1. The Morgan fingerprint density at radius 1 is 1.47 bits per heavy atom. The van der Waals surface area contributed by atoms with E-state index < -0.39 is 0 Å². The molecule has 0 radical (unpaired) electrons. The molecule has 2 nitrogen and oxygen atoms in total. The number of aryl methyl sites for hydroxylation is 1. The number of rotatable bonds is 6. The van der Waals surface area contributed by atoms with Crippen molar-refractivity contribution in [3.63, 3.8) is 0 Å². The Kier molecular flexibility index (Phi) is 4.91. The average molecular weight is 204 g/mol. The van der Waals surface area contributed by atoms with Crippen LogP contribution in [0.1, 0.15) is 5.56 Å². The summed E-state index contributed by atoms with van der Waals surface area (Å²) in [5.41, 5.74) is 2.58. The standard InChI is InChI=1S/C13H20N2/c1-4-8-14-9-10-15(3)13-7-5-6-12(2)11-13/h4-7,11,14H,1,8-10H2,2-3H3. The van der Waals surface area contributed by atoms with Gasteiger partial charge in [0.05, 0.1) is 0 Å². The second kappa shape index (κ2) is 6.25. The highest BCUT2D eigenvalue weighted by molar-refractivity contribution is 5.47. The third-order valence-electron chi connectivity index (χ3n) is 2.36. The molecule has 0 atom stereocenters. The first-order chi connectivity index (χ1) is 7.24. The van der Waals surface area contributed by atoms with Crippen molar-refractivity contribution < 1.29 is 0 Å². The van der Waals surface area contributed by atoms with Crippen LogP contribution in [0.15, 0.2) is 36.9 Å². The summed E-state index contributed by atoms with van der Waals surface area (Å²) in [5, 5.41) is 3.29. The molecule has 0 spiro atoms. The van der Waals surface area contributed by atoms with Crippen LogP contribution in [0.4, 0.5) is 5.69 Å². The normalized spacial score (nSPS) is 10.0. The van der Waals surface area contributed by atoms with E-state index in [1.807, 2.05) is 6.08 Å². The summed E-state index contributed by atoms with van der Waals surface area (Å²) in [6.45, 7) is 8.66. The first-order valence-corrected chi connectivity index (χ1v) is 5.33. The van der Waals surface area contributed by atoms with Gasteiger partial charge in [0.2, 0.25) is 0 Å². The van der Waals surface area contributed by atoms with Gasteiger partial charge in [0.25, 0.3) is 0 Å². The van der Waals surface area contributed by atoms with Gasteiger partial charge in [-0.3, -0.25) is 0 Å². The molecule has 82 valence electrons. The SMILES string of the molecule is C=CCNCCN(C)c1cccc(C)c1. The van der Waals surface area contributed by atoms with Crippen LogP contribution < -0.4 is 10.2 Å². The number of hydrogen-bond donors (Lipinski definition) is 1. The molecule has 0 amide bonds. The van der Waals surface area contributed by atoms with Crippen LogP contribution in [0.3, 0.4) is 0 Å². The number of nitrogens with zero attached hydrogens (tertiary/aromatic N) is 1. The van der Waals surface area contributed by atoms with Crippen molar-refractivity contribution in [1.82, 2.24) is 5.32 Å². The molecule has 0 aliphatic rings. The van der Waals surface area contributed by atoms with Crippen LogP contribution in [0.5, 0.6) is 0 Å². The summed E-state index contributed by atoms with van der Waals surface area (Å²) in [6.07, 6.45) is 1.88. The summed E-state index contributed by atoms with van der Waals surface area (Å²) in [6, 6.07) is 8.56. The highest BCUT2D eigenvalue weighted by Gasteiger charge is 1.99. The van der Waals surface area contributed by atoms with Gasteiger partial charge in [0.1, 0.15) is 0 Å². The van der Waals surface area contributed by atoms with Crippen LogP contribution >= 0.6 is 0 Å². The molecule has 0 aliphatic carbocycles. The predicted octanol–water partition coefficient (Wildman–Crippen LogP) is 2.21. The molecular weight excluding hydrogens is 184 g/mol. The quantitative estimate of drug-likeness (QED) is 0.564. The fraction of sp³-hybridized carbons (Fsp3) is 0.385. The number of anilines is 1. The Bertz CT molecular complexity index is 307. The van der Waals surface area contributed by atoms with E-state index >= 15 is 0 Å². The molecule has 2 heteroatoms. The number of likely N-dealkylation sites (N-methyl/N-ethyl adjacent to an activating group) is 1. The average Bonchev–Trinajstić information content (AvgIpc) is 2.24. The highest BCUT2D eigenvalue weighted by atomic mass is 15.1. The fourth-order valence-electron chi connectivity index (χ4n) is 1.45. The van der Waals surface area contributed by atoms with E-state index in [4.69, 9.17) is 0 Å². The minimum Gasteiger partial charge on any atom is -0.373 e. The minimum atomic E-state index is 0.877. The summed E-state index contributed by atoms with van der Waals surface area (Å²) >= 11 is 0. The van der Waals surface area contributed by atoms with Gasteiger partial charge in [-0.25, -0.2) is 0 Å². The van der Waals surface area contributed by atoms with Crippen LogP contribution in [-0.2, 0) is 0 Å². The minimum absolute atomic E-state index is 0.877. The smallest absolute Gasteiger partial charge is 0.0366 e. The lowest BCUT2D eigenvalue weighted by atomic mass is 10.2. The van der Waals surface area contributed by atoms with Gasteiger partial charge < -0.3 is 10.2 Å². The molecule has 1 N–H and O–H groups in total. The Morgan fingerprint density at radius 3 is 2.93 bits per heavy atom. The van der Waals surface area contributed by atoms with Crippen molar-refractivity contribution in [3.05, 3.63) is 42.5 Å². The van der Waals surface area contributed by atoms with Crippen LogP contribution in [-0.4, -0.2) is 26.7 Å². The zero-order chi connectivity index (χ0) is 11.1. The van der Waals surface area contributed by atoms with Crippen LogP contribution in [0.25, 0.3) is 0 Å². The number of nitrogens with one attached hydrogen (secondary N) is 1. The molecule has 15 heavy (non-hydrogen) atoms. The molecule has 0 aromatic heterocycles. The second-order valence-corrected chi connectivity index (χ2v) is 3.75. The summed E-state index contributed by atoms with van der Waals surface area (Å²) in [5.74, 6) is 0. The van der Waals surface area contributed by atoms with E-state index in [1.165, 1.54) is 11.3 Å². The largest absolute Gasteiger partial charge is 0.373 e. The summed E-state index contributed by atoms with van der Waals surface area (Å²) in [4.78, 5) is 2.25. The Hall–Kier alpha value is -1.28. The van der Waals surface area contributed by atoms with E-state index in [9.17, 15) is 0 Å². The van der Waals surface area contributed by atoms with E-state index in [-0.39, 0.29) is 0 Å². The van der Waals surface area contributed by atoms with E-state index in [2.05, 4.69) is 55.0 Å². The summed E-state index contributed by atoms with van der Waals surface area (Å²) in [7, 11) is 2.12. The first kappa shape index (κ1) is 11.8. The molecule has 0 saturated heterocycles. The molecule has 0 bridgehead atoms. The zero-order valence-corrected chi connectivity index (χ0v) is 9.66. The Balaban J connectivity index is 2.39. The molecule has 0 aliphatic heterocycles. The van der Waals surface area contributed by atoms with Gasteiger partial charge in [-0.1, -0.05) is 18.2 Å². The Labute approximate surface area is 92.6 Å². The fourth-order valence-corrected chi connectivity index (χ4v) is 1.45. The summed E-state index contributed by atoms with van der Waals surface area (Å²) < 4.78 is 0. The van der Waals surface area contributed by atoms with Gasteiger partial charge in [0, 0.05) is 32.4 Å². The zero-order valence-electron chi connectivity index (χ0n) is 9.66. The van der Waals surface area contributed by atoms with Crippen molar-refractivity contribution in [2.75, 3.05) is 31.6 Å². The molecule has 1 aromatic carbocycles. The maximum atomic E-state index is 3.67. The Morgan fingerprint density at radius 2 is 2.27 bits per heavy atom. The van der Waals surface area contributed by atoms with E-state index in [0.29, 0.717) is 0 Å². The third-order valence-corrected chi connectivity index (χ3v) is 2.36. The van der Waals surface area contributed by atoms with Crippen molar-refractivity contribution in [3.8, 4) is 0 Å². The molecule has 0 fully saturated rings. The third kappa shape index (κ3) is 4.17. The van der Waals surface area contributed by atoms with Crippen molar-refractivity contribution in [2.45, 2.75) is 6.92 Å². The topological polar surface area (TPSA) is 15.3 Å². The molecular formula is C13H20N2. The van der Waals surface area contributed by atoms with Gasteiger partial charge in [-0.15, -0.1) is 6.58 Å². The molecule has 1 rings (SSSR count). The van der Waals surface area contributed by atoms with Gasteiger partial charge in [-0.05, 0) is 24.6 Å². The number of hydrogen-bond acceptors (Lipinski definition) is 2. The van der Waals surface area contributed by atoms with Crippen LogP contribution in [0, 0.1) is 6.92 Å².